The van der Waals surface area contributed by atoms with E-state index in [0.29, 0.717) is 25.3 Å². The number of amides is 1. The standard InChI is InChI=1S/C19H23N3O2/c1-14-6-8-16(9-7-14)12-22-11-10-21(13-19(22)24)18-5-3-4-17(20-18)15(2)23/h3-9,15,23H,10-13H2,1-2H3/t15-/m1/s1. The Bertz CT molecular complexity index is 713. The summed E-state index contributed by atoms with van der Waals surface area (Å²) >= 11 is 0. The molecule has 1 aliphatic rings. The molecule has 126 valence electrons. The van der Waals surface area contributed by atoms with Crippen LogP contribution >= 0.6 is 0 Å². The topological polar surface area (TPSA) is 56.7 Å². The van der Waals surface area contributed by atoms with Crippen molar-refractivity contribution in [1.29, 1.82) is 0 Å². The van der Waals surface area contributed by atoms with E-state index >= 15 is 0 Å². The highest BCUT2D eigenvalue weighted by Gasteiger charge is 2.25. The number of benzene rings is 1. The van der Waals surface area contributed by atoms with E-state index in [1.807, 2.05) is 21.9 Å². The molecule has 2 aromatic rings. The van der Waals surface area contributed by atoms with Crippen LogP contribution in [0, 0.1) is 6.92 Å². The first kappa shape index (κ1) is 16.5. The number of hydrogen-bond donors (Lipinski definition) is 1. The highest BCUT2D eigenvalue weighted by Crippen LogP contribution is 2.19. The molecule has 0 aliphatic carbocycles. The number of carbonyl (C=O) groups is 1. The Morgan fingerprint density at radius 3 is 2.58 bits per heavy atom. The van der Waals surface area contributed by atoms with E-state index < -0.39 is 6.10 Å². The van der Waals surface area contributed by atoms with Crippen molar-refractivity contribution in [2.75, 3.05) is 24.5 Å². The Kier molecular flexibility index (Phi) is 4.81. The monoisotopic (exact) mass is 325 g/mol. The second kappa shape index (κ2) is 7.01. The van der Waals surface area contributed by atoms with Gasteiger partial charge in [-0.05, 0) is 31.5 Å². The van der Waals surface area contributed by atoms with E-state index in [0.717, 1.165) is 17.9 Å². The molecule has 1 aromatic carbocycles. The van der Waals surface area contributed by atoms with Gasteiger partial charge in [-0.15, -0.1) is 0 Å². The van der Waals surface area contributed by atoms with Crippen LogP contribution in [0.15, 0.2) is 42.5 Å². The third-order valence-electron chi connectivity index (χ3n) is 4.32. The van der Waals surface area contributed by atoms with Crippen LogP contribution in [0.1, 0.15) is 29.8 Å². The molecule has 2 heterocycles. The fourth-order valence-corrected chi connectivity index (χ4v) is 2.83. The summed E-state index contributed by atoms with van der Waals surface area (Å²) in [6, 6.07) is 13.8. The smallest absolute Gasteiger partial charge is 0.242 e. The molecule has 1 N–H and O–H groups in total. The van der Waals surface area contributed by atoms with Gasteiger partial charge in [0.25, 0.3) is 0 Å². The van der Waals surface area contributed by atoms with Crippen LogP contribution in [-0.2, 0) is 11.3 Å². The molecular weight excluding hydrogens is 302 g/mol. The van der Waals surface area contributed by atoms with Gasteiger partial charge in [0, 0.05) is 19.6 Å². The van der Waals surface area contributed by atoms with Crippen LogP contribution in [0.5, 0.6) is 0 Å². The minimum atomic E-state index is -0.608. The van der Waals surface area contributed by atoms with E-state index in [1.54, 1.807) is 13.0 Å². The van der Waals surface area contributed by atoms with Crippen molar-refractivity contribution in [2.45, 2.75) is 26.5 Å². The average molecular weight is 325 g/mol. The predicted octanol–water partition coefficient (Wildman–Crippen LogP) is 2.29. The van der Waals surface area contributed by atoms with Crippen LogP contribution in [0.2, 0.25) is 0 Å². The SMILES string of the molecule is Cc1ccc(CN2CCN(c3cccc([C@@H](C)O)n3)CC2=O)cc1. The molecule has 1 aliphatic heterocycles. The zero-order valence-electron chi connectivity index (χ0n) is 14.1. The molecule has 0 unspecified atom stereocenters. The maximum atomic E-state index is 12.5. The summed E-state index contributed by atoms with van der Waals surface area (Å²) in [5.41, 5.74) is 3.00. The predicted molar refractivity (Wildman–Crippen MR) is 93.7 cm³/mol. The maximum Gasteiger partial charge on any atom is 0.242 e. The van der Waals surface area contributed by atoms with Crippen molar-refractivity contribution in [1.82, 2.24) is 9.88 Å². The number of aliphatic hydroxyl groups excluding tert-OH is 1. The summed E-state index contributed by atoms with van der Waals surface area (Å²) < 4.78 is 0. The van der Waals surface area contributed by atoms with Crippen molar-refractivity contribution in [3.63, 3.8) is 0 Å². The van der Waals surface area contributed by atoms with Gasteiger partial charge in [0.2, 0.25) is 5.91 Å². The van der Waals surface area contributed by atoms with Gasteiger partial charge in [-0.2, -0.15) is 0 Å². The molecule has 3 rings (SSSR count). The van der Waals surface area contributed by atoms with Crippen LogP contribution in [0.3, 0.4) is 0 Å². The normalized spacial score (nSPS) is 16.4. The number of piperazine rings is 1. The molecular formula is C19H23N3O2. The fraction of sp³-hybridized carbons (Fsp3) is 0.368. The number of aryl methyl sites for hydroxylation is 1. The number of aliphatic hydroxyl groups is 1. The lowest BCUT2D eigenvalue weighted by molar-refractivity contribution is -0.131. The molecule has 0 bridgehead atoms. The first-order chi connectivity index (χ1) is 11.5. The summed E-state index contributed by atoms with van der Waals surface area (Å²) in [5.74, 6) is 0.850. The van der Waals surface area contributed by atoms with E-state index in [4.69, 9.17) is 0 Å². The number of carbonyl (C=O) groups excluding carboxylic acids is 1. The number of nitrogens with zero attached hydrogens (tertiary/aromatic N) is 3. The third kappa shape index (κ3) is 3.74. The van der Waals surface area contributed by atoms with E-state index in [-0.39, 0.29) is 5.91 Å². The van der Waals surface area contributed by atoms with Crippen LogP contribution in [-0.4, -0.2) is 40.5 Å². The molecule has 0 spiro atoms. The van der Waals surface area contributed by atoms with Gasteiger partial charge in [-0.3, -0.25) is 4.79 Å². The van der Waals surface area contributed by atoms with Gasteiger partial charge in [0.15, 0.2) is 0 Å². The molecule has 1 fully saturated rings. The lowest BCUT2D eigenvalue weighted by Gasteiger charge is -2.35. The Hall–Kier alpha value is -2.40. The van der Waals surface area contributed by atoms with Crippen molar-refractivity contribution < 1.29 is 9.90 Å². The number of anilines is 1. The van der Waals surface area contributed by atoms with E-state index in [2.05, 4.69) is 36.2 Å². The van der Waals surface area contributed by atoms with Gasteiger partial charge < -0.3 is 14.9 Å². The Balaban J connectivity index is 1.65. The van der Waals surface area contributed by atoms with Gasteiger partial charge >= 0.3 is 0 Å². The minimum Gasteiger partial charge on any atom is -0.387 e. The first-order valence-electron chi connectivity index (χ1n) is 8.26. The molecule has 5 heteroatoms. The van der Waals surface area contributed by atoms with Crippen LogP contribution in [0.4, 0.5) is 5.82 Å². The van der Waals surface area contributed by atoms with E-state index in [9.17, 15) is 9.90 Å². The van der Waals surface area contributed by atoms with E-state index in [1.165, 1.54) is 5.56 Å². The molecule has 1 saturated heterocycles. The summed E-state index contributed by atoms with van der Waals surface area (Å²) in [4.78, 5) is 20.8. The summed E-state index contributed by atoms with van der Waals surface area (Å²) in [6.07, 6.45) is -0.608. The quantitative estimate of drug-likeness (QED) is 0.937. The second-order valence-corrected chi connectivity index (χ2v) is 6.32. The Morgan fingerprint density at radius 2 is 1.92 bits per heavy atom. The zero-order chi connectivity index (χ0) is 17.1. The minimum absolute atomic E-state index is 0.103. The number of pyridine rings is 1. The highest BCUT2D eigenvalue weighted by atomic mass is 16.3. The first-order valence-corrected chi connectivity index (χ1v) is 8.26. The summed E-state index contributed by atoms with van der Waals surface area (Å²) in [6.45, 7) is 6.14. The van der Waals surface area contributed by atoms with Gasteiger partial charge in [0.05, 0.1) is 18.3 Å². The highest BCUT2D eigenvalue weighted by molar-refractivity contribution is 5.82. The van der Waals surface area contributed by atoms with Crippen molar-refractivity contribution >= 4 is 11.7 Å². The summed E-state index contributed by atoms with van der Waals surface area (Å²) in [7, 11) is 0. The van der Waals surface area contributed by atoms with Gasteiger partial charge in [-0.25, -0.2) is 4.98 Å². The molecule has 5 nitrogen and oxygen atoms in total. The third-order valence-corrected chi connectivity index (χ3v) is 4.32. The number of aromatic nitrogens is 1. The largest absolute Gasteiger partial charge is 0.387 e. The second-order valence-electron chi connectivity index (χ2n) is 6.32. The zero-order valence-corrected chi connectivity index (χ0v) is 14.1. The molecule has 24 heavy (non-hydrogen) atoms. The average Bonchev–Trinajstić information content (AvgIpc) is 2.58. The van der Waals surface area contributed by atoms with Crippen molar-refractivity contribution in [3.05, 3.63) is 59.3 Å². The van der Waals surface area contributed by atoms with Gasteiger partial charge in [-0.1, -0.05) is 35.9 Å². The molecule has 0 radical (unpaired) electrons. The summed E-state index contributed by atoms with van der Waals surface area (Å²) in [5, 5.41) is 9.67. The molecule has 1 aromatic heterocycles. The Labute approximate surface area is 142 Å². The van der Waals surface area contributed by atoms with Crippen LogP contribution < -0.4 is 4.90 Å². The van der Waals surface area contributed by atoms with Gasteiger partial charge in [0.1, 0.15) is 5.82 Å². The number of hydrogen-bond acceptors (Lipinski definition) is 4. The molecule has 0 saturated carbocycles. The lowest BCUT2D eigenvalue weighted by atomic mass is 10.1. The van der Waals surface area contributed by atoms with Crippen molar-refractivity contribution in [2.24, 2.45) is 0 Å². The number of rotatable bonds is 4. The molecule has 1 atom stereocenters. The lowest BCUT2D eigenvalue weighted by Crippen LogP contribution is -2.50. The van der Waals surface area contributed by atoms with Crippen molar-refractivity contribution in [3.8, 4) is 0 Å². The molecule has 1 amide bonds. The van der Waals surface area contributed by atoms with Crippen LogP contribution in [0.25, 0.3) is 0 Å². The Morgan fingerprint density at radius 1 is 1.17 bits per heavy atom. The fourth-order valence-electron chi connectivity index (χ4n) is 2.83. The maximum absolute atomic E-state index is 12.5.